The van der Waals surface area contributed by atoms with Crippen LogP contribution < -0.4 is 5.32 Å². The summed E-state index contributed by atoms with van der Waals surface area (Å²) in [4.78, 5) is 0. The summed E-state index contributed by atoms with van der Waals surface area (Å²) in [5, 5.41) is 3.64. The molecule has 0 bridgehead atoms. The van der Waals surface area contributed by atoms with Crippen molar-refractivity contribution in [3.63, 3.8) is 0 Å². The van der Waals surface area contributed by atoms with Crippen molar-refractivity contribution >= 4 is 0 Å². The number of aryl methyl sites for hydroxylation is 2. The third kappa shape index (κ3) is 4.53. The van der Waals surface area contributed by atoms with Crippen LogP contribution in [0.3, 0.4) is 0 Å². The Morgan fingerprint density at radius 2 is 2.00 bits per heavy atom. The molecule has 1 aromatic carbocycles. The predicted molar refractivity (Wildman–Crippen MR) is 84.0 cm³/mol. The molecule has 2 nitrogen and oxygen atoms in total. The van der Waals surface area contributed by atoms with Crippen molar-refractivity contribution < 1.29 is 4.42 Å². The molecule has 0 aliphatic carbocycles. The fraction of sp³-hybridized carbons (Fsp3) is 0.444. The summed E-state index contributed by atoms with van der Waals surface area (Å²) in [7, 11) is 0. The van der Waals surface area contributed by atoms with Crippen LogP contribution in [0.2, 0.25) is 0 Å². The summed E-state index contributed by atoms with van der Waals surface area (Å²) >= 11 is 0. The second-order valence-electron chi connectivity index (χ2n) is 5.40. The fourth-order valence-corrected chi connectivity index (χ4v) is 2.52. The van der Waals surface area contributed by atoms with E-state index < -0.39 is 0 Å². The van der Waals surface area contributed by atoms with Gasteiger partial charge in [-0.15, -0.1) is 0 Å². The molecule has 108 valence electrons. The standard InChI is InChI=1S/C18H25NO/c1-3-12-19-17(14-18-9-6-13-20-18)11-10-16-8-5-4-7-15(16)2/h4-9,13,17,19H,3,10-12,14H2,1-2H3. The molecule has 1 atom stereocenters. The third-order valence-electron chi connectivity index (χ3n) is 3.73. The summed E-state index contributed by atoms with van der Waals surface area (Å²) in [6.45, 7) is 5.47. The molecule has 2 aromatic rings. The van der Waals surface area contributed by atoms with Crippen LogP contribution in [0, 0.1) is 6.92 Å². The molecule has 0 saturated carbocycles. The van der Waals surface area contributed by atoms with Crippen molar-refractivity contribution in [2.24, 2.45) is 0 Å². The van der Waals surface area contributed by atoms with Crippen LogP contribution in [-0.2, 0) is 12.8 Å². The fourth-order valence-electron chi connectivity index (χ4n) is 2.52. The Hall–Kier alpha value is -1.54. The minimum Gasteiger partial charge on any atom is -0.469 e. The molecule has 1 N–H and O–H groups in total. The smallest absolute Gasteiger partial charge is 0.105 e. The van der Waals surface area contributed by atoms with Gasteiger partial charge in [0.1, 0.15) is 5.76 Å². The van der Waals surface area contributed by atoms with Gasteiger partial charge in [-0.1, -0.05) is 31.2 Å². The summed E-state index contributed by atoms with van der Waals surface area (Å²) < 4.78 is 5.48. The van der Waals surface area contributed by atoms with E-state index in [4.69, 9.17) is 4.42 Å². The second kappa shape index (κ2) is 7.91. The van der Waals surface area contributed by atoms with Gasteiger partial charge in [-0.3, -0.25) is 0 Å². The highest BCUT2D eigenvalue weighted by Gasteiger charge is 2.11. The molecule has 1 heterocycles. The third-order valence-corrected chi connectivity index (χ3v) is 3.73. The van der Waals surface area contributed by atoms with E-state index in [0.29, 0.717) is 6.04 Å². The number of rotatable bonds is 8. The van der Waals surface area contributed by atoms with Crippen LogP contribution in [-0.4, -0.2) is 12.6 Å². The van der Waals surface area contributed by atoms with Gasteiger partial charge in [0.2, 0.25) is 0 Å². The van der Waals surface area contributed by atoms with Crippen molar-refractivity contribution in [1.29, 1.82) is 0 Å². The average molecular weight is 271 g/mol. The summed E-state index contributed by atoms with van der Waals surface area (Å²) in [5.74, 6) is 1.07. The zero-order chi connectivity index (χ0) is 14.2. The number of furan rings is 1. The monoisotopic (exact) mass is 271 g/mol. The van der Waals surface area contributed by atoms with Gasteiger partial charge in [0.15, 0.2) is 0 Å². The molecule has 0 saturated heterocycles. The van der Waals surface area contributed by atoms with Crippen molar-refractivity contribution in [2.45, 2.75) is 45.6 Å². The van der Waals surface area contributed by atoms with Crippen LogP contribution in [0.15, 0.2) is 47.1 Å². The van der Waals surface area contributed by atoms with Crippen LogP contribution >= 0.6 is 0 Å². The van der Waals surface area contributed by atoms with E-state index in [1.54, 1.807) is 6.26 Å². The maximum Gasteiger partial charge on any atom is 0.105 e. The van der Waals surface area contributed by atoms with Crippen LogP contribution in [0.1, 0.15) is 36.7 Å². The first-order valence-electron chi connectivity index (χ1n) is 7.60. The first kappa shape index (κ1) is 14.9. The van der Waals surface area contributed by atoms with Gasteiger partial charge in [0.25, 0.3) is 0 Å². The molecule has 0 spiro atoms. The van der Waals surface area contributed by atoms with E-state index in [1.807, 2.05) is 6.07 Å². The lowest BCUT2D eigenvalue weighted by molar-refractivity contribution is 0.424. The van der Waals surface area contributed by atoms with E-state index >= 15 is 0 Å². The number of hydrogen-bond acceptors (Lipinski definition) is 2. The Labute approximate surface area is 122 Å². The van der Waals surface area contributed by atoms with Gasteiger partial charge in [0.05, 0.1) is 6.26 Å². The zero-order valence-corrected chi connectivity index (χ0v) is 12.6. The van der Waals surface area contributed by atoms with Crippen LogP contribution in [0.4, 0.5) is 0 Å². The van der Waals surface area contributed by atoms with Gasteiger partial charge in [-0.05, 0) is 56.0 Å². The SMILES string of the molecule is CCCNC(CCc1ccccc1C)Cc1ccco1. The van der Waals surface area contributed by atoms with Gasteiger partial charge >= 0.3 is 0 Å². The highest BCUT2D eigenvalue weighted by molar-refractivity contribution is 5.25. The number of benzene rings is 1. The lowest BCUT2D eigenvalue weighted by atomic mass is 9.99. The highest BCUT2D eigenvalue weighted by atomic mass is 16.3. The lowest BCUT2D eigenvalue weighted by Crippen LogP contribution is -2.32. The largest absolute Gasteiger partial charge is 0.469 e. The minimum absolute atomic E-state index is 0.487. The Morgan fingerprint density at radius 3 is 2.70 bits per heavy atom. The Morgan fingerprint density at radius 1 is 1.15 bits per heavy atom. The predicted octanol–water partition coefficient (Wildman–Crippen LogP) is 4.13. The summed E-state index contributed by atoms with van der Waals surface area (Å²) in [6.07, 6.45) is 6.16. The van der Waals surface area contributed by atoms with Gasteiger partial charge < -0.3 is 9.73 Å². The lowest BCUT2D eigenvalue weighted by Gasteiger charge is -2.18. The number of nitrogens with one attached hydrogen (secondary N) is 1. The number of hydrogen-bond donors (Lipinski definition) is 1. The van der Waals surface area contributed by atoms with Crippen molar-refractivity contribution in [3.05, 3.63) is 59.5 Å². The van der Waals surface area contributed by atoms with Gasteiger partial charge in [-0.25, -0.2) is 0 Å². The van der Waals surface area contributed by atoms with E-state index in [9.17, 15) is 0 Å². The molecule has 2 rings (SSSR count). The molecule has 20 heavy (non-hydrogen) atoms. The Kier molecular flexibility index (Phi) is 5.87. The van der Waals surface area contributed by atoms with Crippen LogP contribution in [0.25, 0.3) is 0 Å². The molecule has 0 aliphatic heterocycles. The van der Waals surface area contributed by atoms with E-state index in [0.717, 1.165) is 31.6 Å². The maximum absolute atomic E-state index is 5.48. The first-order valence-corrected chi connectivity index (χ1v) is 7.60. The highest BCUT2D eigenvalue weighted by Crippen LogP contribution is 2.13. The molecule has 0 radical (unpaired) electrons. The second-order valence-corrected chi connectivity index (χ2v) is 5.40. The van der Waals surface area contributed by atoms with Gasteiger partial charge in [0, 0.05) is 12.5 Å². The minimum atomic E-state index is 0.487. The van der Waals surface area contributed by atoms with E-state index in [-0.39, 0.29) is 0 Å². The Balaban J connectivity index is 1.91. The Bertz CT molecular complexity index is 490. The van der Waals surface area contributed by atoms with Gasteiger partial charge in [-0.2, -0.15) is 0 Å². The normalized spacial score (nSPS) is 12.5. The first-order chi connectivity index (χ1) is 9.79. The topological polar surface area (TPSA) is 25.2 Å². The zero-order valence-electron chi connectivity index (χ0n) is 12.6. The molecule has 0 amide bonds. The van der Waals surface area contributed by atoms with Crippen molar-refractivity contribution in [1.82, 2.24) is 5.32 Å². The molecule has 2 heteroatoms. The molecule has 0 fully saturated rings. The molecule has 0 aliphatic rings. The van der Waals surface area contributed by atoms with Crippen molar-refractivity contribution in [3.8, 4) is 0 Å². The molecule has 1 aromatic heterocycles. The molecule has 1 unspecified atom stereocenters. The summed E-state index contributed by atoms with van der Waals surface area (Å²) in [5.41, 5.74) is 2.84. The van der Waals surface area contributed by atoms with E-state index in [1.165, 1.54) is 17.5 Å². The van der Waals surface area contributed by atoms with Crippen molar-refractivity contribution in [2.75, 3.05) is 6.54 Å². The average Bonchev–Trinajstić information content (AvgIpc) is 2.96. The van der Waals surface area contributed by atoms with Crippen LogP contribution in [0.5, 0.6) is 0 Å². The maximum atomic E-state index is 5.48. The molecular formula is C18H25NO. The summed E-state index contributed by atoms with van der Waals surface area (Å²) in [6, 6.07) is 13.2. The quantitative estimate of drug-likeness (QED) is 0.781. The molecular weight excluding hydrogens is 246 g/mol. The van der Waals surface area contributed by atoms with E-state index in [2.05, 4.69) is 49.5 Å².